The maximum atomic E-state index is 11.8. The lowest BCUT2D eigenvalue weighted by atomic mass is 10.0. The molecular weight excluding hydrogens is 198 g/mol. The SMILES string of the molecule is CC#CCCC(=O)c1ccc2c(c1)CCN2. The van der Waals surface area contributed by atoms with Crippen LogP contribution in [-0.2, 0) is 6.42 Å². The van der Waals surface area contributed by atoms with Crippen LogP contribution in [-0.4, -0.2) is 12.3 Å². The van der Waals surface area contributed by atoms with E-state index in [0.717, 1.165) is 18.5 Å². The number of nitrogens with one attached hydrogen (secondary N) is 1. The molecule has 82 valence electrons. The molecule has 0 fully saturated rings. The fraction of sp³-hybridized carbons (Fsp3) is 0.357. The number of Topliss-reactive ketones (excluding diaryl/α,β-unsaturated/α-hetero) is 1. The maximum Gasteiger partial charge on any atom is 0.163 e. The average molecular weight is 213 g/mol. The number of hydrogen-bond acceptors (Lipinski definition) is 2. The second kappa shape index (κ2) is 4.85. The van der Waals surface area contributed by atoms with E-state index in [4.69, 9.17) is 0 Å². The summed E-state index contributed by atoms with van der Waals surface area (Å²) in [5, 5.41) is 3.28. The van der Waals surface area contributed by atoms with E-state index in [1.165, 1.54) is 11.3 Å². The Morgan fingerprint density at radius 2 is 2.38 bits per heavy atom. The zero-order valence-electron chi connectivity index (χ0n) is 9.47. The van der Waals surface area contributed by atoms with Gasteiger partial charge in [0.15, 0.2) is 5.78 Å². The molecule has 1 N–H and O–H groups in total. The highest BCUT2D eigenvalue weighted by Gasteiger charge is 2.12. The minimum absolute atomic E-state index is 0.192. The zero-order chi connectivity index (χ0) is 11.4. The van der Waals surface area contributed by atoms with Crippen LogP contribution in [0.2, 0.25) is 0 Å². The summed E-state index contributed by atoms with van der Waals surface area (Å²) in [6.45, 7) is 2.78. The first-order valence-electron chi connectivity index (χ1n) is 5.61. The minimum Gasteiger partial charge on any atom is -0.384 e. The van der Waals surface area contributed by atoms with Crippen LogP contribution < -0.4 is 5.32 Å². The van der Waals surface area contributed by atoms with E-state index in [1.54, 1.807) is 6.92 Å². The third-order valence-electron chi connectivity index (χ3n) is 2.79. The summed E-state index contributed by atoms with van der Waals surface area (Å²) in [5.41, 5.74) is 3.25. The summed E-state index contributed by atoms with van der Waals surface area (Å²) >= 11 is 0. The van der Waals surface area contributed by atoms with Gasteiger partial charge in [-0.2, -0.15) is 0 Å². The van der Waals surface area contributed by atoms with E-state index in [0.29, 0.717) is 12.8 Å². The fourth-order valence-electron chi connectivity index (χ4n) is 1.92. The molecule has 1 aliphatic heterocycles. The molecule has 0 saturated heterocycles. The molecule has 2 heteroatoms. The van der Waals surface area contributed by atoms with Crippen LogP contribution in [0.5, 0.6) is 0 Å². The Balaban J connectivity index is 2.08. The van der Waals surface area contributed by atoms with Gasteiger partial charge in [-0.3, -0.25) is 4.79 Å². The van der Waals surface area contributed by atoms with Gasteiger partial charge in [0.2, 0.25) is 0 Å². The van der Waals surface area contributed by atoms with Crippen molar-refractivity contribution in [3.63, 3.8) is 0 Å². The normalized spacial score (nSPS) is 12.3. The van der Waals surface area contributed by atoms with Gasteiger partial charge in [-0.1, -0.05) is 0 Å². The lowest BCUT2D eigenvalue weighted by Gasteiger charge is -2.02. The van der Waals surface area contributed by atoms with Gasteiger partial charge in [0.05, 0.1) is 0 Å². The Morgan fingerprint density at radius 1 is 1.50 bits per heavy atom. The number of benzene rings is 1. The molecule has 1 heterocycles. The monoisotopic (exact) mass is 213 g/mol. The van der Waals surface area contributed by atoms with E-state index < -0.39 is 0 Å². The molecular formula is C14H15NO. The largest absolute Gasteiger partial charge is 0.384 e. The van der Waals surface area contributed by atoms with Crippen LogP contribution in [0.15, 0.2) is 18.2 Å². The van der Waals surface area contributed by atoms with E-state index in [9.17, 15) is 4.79 Å². The Hall–Kier alpha value is -1.75. The Morgan fingerprint density at radius 3 is 3.19 bits per heavy atom. The molecule has 0 aliphatic carbocycles. The molecule has 0 atom stereocenters. The second-order valence-electron chi connectivity index (χ2n) is 3.90. The van der Waals surface area contributed by atoms with E-state index >= 15 is 0 Å². The maximum absolute atomic E-state index is 11.8. The average Bonchev–Trinajstić information content (AvgIpc) is 2.76. The topological polar surface area (TPSA) is 29.1 Å². The van der Waals surface area contributed by atoms with E-state index in [-0.39, 0.29) is 5.78 Å². The van der Waals surface area contributed by atoms with Gasteiger partial charge in [0.25, 0.3) is 0 Å². The Bertz CT molecular complexity index is 465. The van der Waals surface area contributed by atoms with Crippen molar-refractivity contribution in [2.45, 2.75) is 26.2 Å². The first-order valence-corrected chi connectivity index (χ1v) is 5.61. The van der Waals surface area contributed by atoms with Crippen molar-refractivity contribution < 1.29 is 4.79 Å². The van der Waals surface area contributed by atoms with Crippen LogP contribution in [0.3, 0.4) is 0 Å². The number of rotatable bonds is 3. The summed E-state index contributed by atoms with van der Waals surface area (Å²) in [6, 6.07) is 5.91. The van der Waals surface area contributed by atoms with Gasteiger partial charge in [-0.15, -0.1) is 11.8 Å². The molecule has 16 heavy (non-hydrogen) atoms. The molecule has 0 aromatic heterocycles. The first-order chi connectivity index (χ1) is 7.81. The number of fused-ring (bicyclic) bond motifs is 1. The first kappa shape index (κ1) is 10.8. The number of anilines is 1. The lowest BCUT2D eigenvalue weighted by molar-refractivity contribution is 0.0984. The quantitative estimate of drug-likeness (QED) is 0.617. The summed E-state index contributed by atoms with van der Waals surface area (Å²) in [5.74, 6) is 5.91. The second-order valence-corrected chi connectivity index (χ2v) is 3.90. The number of carbonyl (C=O) groups excluding carboxylic acids is 1. The van der Waals surface area contributed by atoms with Crippen LogP contribution in [0, 0.1) is 11.8 Å². The summed E-state index contributed by atoms with van der Waals surface area (Å²) < 4.78 is 0. The Labute approximate surface area is 96.1 Å². The highest BCUT2D eigenvalue weighted by atomic mass is 16.1. The van der Waals surface area contributed by atoms with Crippen molar-refractivity contribution in [2.75, 3.05) is 11.9 Å². The minimum atomic E-state index is 0.192. The smallest absolute Gasteiger partial charge is 0.163 e. The van der Waals surface area contributed by atoms with Crippen molar-refractivity contribution >= 4 is 11.5 Å². The van der Waals surface area contributed by atoms with E-state index in [2.05, 4.69) is 17.2 Å². The summed E-state index contributed by atoms with van der Waals surface area (Å²) in [6.07, 6.45) is 2.20. The molecule has 1 aromatic carbocycles. The predicted molar refractivity (Wildman–Crippen MR) is 65.7 cm³/mol. The van der Waals surface area contributed by atoms with Crippen molar-refractivity contribution in [3.05, 3.63) is 29.3 Å². The molecule has 0 radical (unpaired) electrons. The van der Waals surface area contributed by atoms with Gasteiger partial charge in [-0.25, -0.2) is 0 Å². The van der Waals surface area contributed by atoms with Crippen molar-refractivity contribution in [3.8, 4) is 11.8 Å². The van der Waals surface area contributed by atoms with Crippen molar-refractivity contribution in [2.24, 2.45) is 0 Å². The van der Waals surface area contributed by atoms with Crippen molar-refractivity contribution in [1.29, 1.82) is 0 Å². The summed E-state index contributed by atoms with van der Waals surface area (Å²) in [7, 11) is 0. The van der Waals surface area contributed by atoms with Crippen LogP contribution in [0.25, 0.3) is 0 Å². The third kappa shape index (κ3) is 2.25. The lowest BCUT2D eigenvalue weighted by Crippen LogP contribution is -1.99. The molecule has 1 aromatic rings. The third-order valence-corrected chi connectivity index (χ3v) is 2.79. The number of ketones is 1. The predicted octanol–water partition coefficient (Wildman–Crippen LogP) is 2.64. The van der Waals surface area contributed by atoms with Crippen LogP contribution in [0.4, 0.5) is 5.69 Å². The standard InChI is InChI=1S/C14H15NO/c1-2-3-4-5-14(16)12-6-7-13-11(10-12)8-9-15-13/h6-7,10,15H,4-5,8-9H2,1H3. The van der Waals surface area contributed by atoms with Gasteiger partial charge in [0.1, 0.15) is 0 Å². The molecule has 2 nitrogen and oxygen atoms in total. The Kier molecular flexibility index (Phi) is 3.26. The van der Waals surface area contributed by atoms with Gasteiger partial charge in [0, 0.05) is 30.6 Å². The van der Waals surface area contributed by atoms with Crippen LogP contribution in [0.1, 0.15) is 35.7 Å². The fourth-order valence-corrected chi connectivity index (χ4v) is 1.92. The molecule has 0 bridgehead atoms. The van der Waals surface area contributed by atoms with Crippen LogP contribution >= 0.6 is 0 Å². The highest BCUT2D eigenvalue weighted by Crippen LogP contribution is 2.23. The molecule has 0 unspecified atom stereocenters. The van der Waals surface area contributed by atoms with E-state index in [1.807, 2.05) is 18.2 Å². The van der Waals surface area contributed by atoms with Gasteiger partial charge < -0.3 is 5.32 Å². The highest BCUT2D eigenvalue weighted by molar-refractivity contribution is 5.96. The molecule has 0 amide bonds. The van der Waals surface area contributed by atoms with Gasteiger partial charge in [-0.05, 0) is 37.1 Å². The number of carbonyl (C=O) groups is 1. The molecule has 2 rings (SSSR count). The molecule has 0 saturated carbocycles. The number of hydrogen-bond donors (Lipinski definition) is 1. The zero-order valence-corrected chi connectivity index (χ0v) is 9.47. The molecule has 1 aliphatic rings. The summed E-state index contributed by atoms with van der Waals surface area (Å²) in [4.78, 5) is 11.8. The van der Waals surface area contributed by atoms with Crippen molar-refractivity contribution in [1.82, 2.24) is 0 Å². The van der Waals surface area contributed by atoms with Gasteiger partial charge >= 0.3 is 0 Å². The molecule has 0 spiro atoms.